The lowest BCUT2D eigenvalue weighted by molar-refractivity contribution is -0.139. The van der Waals surface area contributed by atoms with Crippen LogP contribution < -0.4 is 41.9 Å². The zero-order valence-electron chi connectivity index (χ0n) is 28.7. The number of hydrogen-bond acceptors (Lipinski definition) is 9. The minimum atomic E-state index is -1.09. The summed E-state index contributed by atoms with van der Waals surface area (Å²) in [5.74, 6) is 1.52. The predicted molar refractivity (Wildman–Crippen MR) is 195 cm³/mol. The van der Waals surface area contributed by atoms with Gasteiger partial charge < -0.3 is 47.0 Å². The molecule has 0 heterocycles. The summed E-state index contributed by atoms with van der Waals surface area (Å²) in [6, 6.07) is 15.2. The second kappa shape index (κ2) is 15.8. The smallest absolute Gasteiger partial charge is 0.341 e. The largest absolute Gasteiger partial charge is 0.493 e. The first kappa shape index (κ1) is 35.1. The van der Waals surface area contributed by atoms with E-state index in [9.17, 15) is 9.90 Å². The Labute approximate surface area is 288 Å². The second-order valence-corrected chi connectivity index (χ2v) is 12.6. The van der Waals surface area contributed by atoms with Gasteiger partial charge in [-0.3, -0.25) is 0 Å². The quantitative estimate of drug-likeness (QED) is 0.0919. The van der Waals surface area contributed by atoms with Gasteiger partial charge in [0.05, 0.1) is 19.8 Å². The average Bonchev–Trinajstić information content (AvgIpc) is 3.02. The Morgan fingerprint density at radius 2 is 0.714 bits per heavy atom. The van der Waals surface area contributed by atoms with Crippen molar-refractivity contribution in [3.05, 3.63) is 93.0 Å². The normalized spacial score (nSPS) is 12.3. The molecule has 10 nitrogen and oxygen atoms in total. The lowest BCUT2D eigenvalue weighted by atomic mass is 9.90. The minimum Gasteiger partial charge on any atom is -0.493 e. The molecular weight excluding hydrogens is 620 g/mol. The number of aliphatic carboxylic acids is 1. The molecular formula is C39H48N4O6. The molecule has 4 aromatic rings. The first-order chi connectivity index (χ1) is 23.6. The third kappa shape index (κ3) is 8.43. The van der Waals surface area contributed by atoms with E-state index >= 15 is 0 Å². The van der Waals surface area contributed by atoms with Crippen LogP contribution in [0.5, 0.6) is 23.0 Å². The van der Waals surface area contributed by atoms with Crippen LogP contribution in [0.25, 0.3) is 0 Å². The van der Waals surface area contributed by atoms with E-state index < -0.39 is 12.6 Å². The maximum Gasteiger partial charge on any atom is 0.341 e. The molecule has 1 aliphatic rings. The third-order valence-electron chi connectivity index (χ3n) is 8.28. The molecule has 8 bridgehead atoms. The number of anilines is 4. The molecule has 4 aromatic carbocycles. The van der Waals surface area contributed by atoms with Crippen molar-refractivity contribution in [3.8, 4) is 23.0 Å². The summed E-state index contributed by atoms with van der Waals surface area (Å²) in [4.78, 5) is 11.8. The number of fused-ring (bicyclic) bond motifs is 8. The number of nitrogen functional groups attached to an aromatic ring is 4. The molecule has 0 aliphatic heterocycles. The Hall–Kier alpha value is -5.25. The van der Waals surface area contributed by atoms with Gasteiger partial charge in [0, 0.05) is 92.9 Å². The van der Waals surface area contributed by atoms with Crippen molar-refractivity contribution in [1.29, 1.82) is 0 Å². The van der Waals surface area contributed by atoms with Gasteiger partial charge in [-0.15, -0.1) is 0 Å². The Kier molecular flexibility index (Phi) is 11.3. The lowest BCUT2D eigenvalue weighted by Crippen LogP contribution is -2.14. The fourth-order valence-electron chi connectivity index (χ4n) is 6.48. The van der Waals surface area contributed by atoms with Crippen LogP contribution >= 0.6 is 0 Å². The maximum absolute atomic E-state index is 11.8. The average molecular weight is 669 g/mol. The molecule has 0 saturated carbocycles. The van der Waals surface area contributed by atoms with E-state index in [4.69, 9.17) is 41.9 Å². The molecule has 5 rings (SSSR count). The van der Waals surface area contributed by atoms with Crippen LogP contribution in [0.15, 0.2) is 48.5 Å². The molecule has 49 heavy (non-hydrogen) atoms. The highest BCUT2D eigenvalue weighted by atomic mass is 16.5. The molecule has 260 valence electrons. The van der Waals surface area contributed by atoms with Crippen LogP contribution in [0.3, 0.4) is 0 Å². The van der Waals surface area contributed by atoms with E-state index in [0.29, 0.717) is 96.6 Å². The molecule has 0 aromatic heterocycles. The van der Waals surface area contributed by atoms with Gasteiger partial charge in [-0.2, -0.15) is 0 Å². The van der Waals surface area contributed by atoms with E-state index in [0.717, 1.165) is 58.4 Å². The molecule has 1 aliphatic carbocycles. The highest BCUT2D eigenvalue weighted by molar-refractivity contribution is 5.69. The second-order valence-electron chi connectivity index (χ2n) is 12.6. The molecule has 0 unspecified atom stereocenters. The Balaban J connectivity index is 1.84. The van der Waals surface area contributed by atoms with Crippen LogP contribution in [0.4, 0.5) is 22.7 Å². The molecule has 0 amide bonds. The molecule has 0 spiro atoms. The highest BCUT2D eigenvalue weighted by Gasteiger charge is 2.24. The fourth-order valence-corrected chi connectivity index (χ4v) is 6.48. The van der Waals surface area contributed by atoms with E-state index in [1.807, 2.05) is 48.5 Å². The van der Waals surface area contributed by atoms with Gasteiger partial charge in [0.2, 0.25) is 0 Å². The first-order valence-corrected chi connectivity index (χ1v) is 17.0. The number of hydrogen-bond donors (Lipinski definition) is 5. The van der Waals surface area contributed by atoms with Crippen molar-refractivity contribution < 1.29 is 28.8 Å². The Bertz CT molecular complexity index is 1710. The highest BCUT2D eigenvalue weighted by Crippen LogP contribution is 2.41. The minimum absolute atomic E-state index is 0.326. The van der Waals surface area contributed by atoms with Crippen LogP contribution in [-0.4, -0.2) is 37.5 Å². The number of carbonyl (C=O) groups is 1. The van der Waals surface area contributed by atoms with Crippen molar-refractivity contribution in [3.63, 3.8) is 0 Å². The maximum atomic E-state index is 11.8. The van der Waals surface area contributed by atoms with Gasteiger partial charge in [-0.05, 0) is 67.8 Å². The monoisotopic (exact) mass is 668 g/mol. The number of nitrogens with two attached hydrogens (primary N) is 4. The lowest BCUT2D eigenvalue weighted by Gasteiger charge is -2.23. The molecule has 0 saturated heterocycles. The Morgan fingerprint density at radius 3 is 0.918 bits per heavy atom. The molecule has 0 atom stereocenters. The van der Waals surface area contributed by atoms with Gasteiger partial charge in [-0.1, -0.05) is 20.8 Å². The Morgan fingerprint density at radius 1 is 0.490 bits per heavy atom. The summed E-state index contributed by atoms with van der Waals surface area (Å²) in [7, 11) is 0. The SMILES string of the molecule is CCCOc1c2cc(N)cc1Cc1cc(N)cc(c1OCCC)Cc1cc(N)cc(c1OCC(=O)O)Cc1cc(N)cc(c1OCCC)C2. The number of ether oxygens (including phenoxy) is 4. The predicted octanol–water partition coefficient (Wildman–Crippen LogP) is 6.52. The third-order valence-corrected chi connectivity index (χ3v) is 8.28. The van der Waals surface area contributed by atoms with E-state index in [2.05, 4.69) is 20.8 Å². The number of carboxylic acids is 1. The van der Waals surface area contributed by atoms with Crippen LogP contribution in [0, 0.1) is 0 Å². The summed E-state index contributed by atoms with van der Waals surface area (Å²) < 4.78 is 25.5. The topological polar surface area (TPSA) is 178 Å². The zero-order chi connectivity index (χ0) is 35.1. The fraction of sp³-hybridized carbons (Fsp3) is 0.359. The molecule has 10 heteroatoms. The van der Waals surface area contributed by atoms with Gasteiger partial charge in [0.15, 0.2) is 6.61 Å². The van der Waals surface area contributed by atoms with Crippen molar-refractivity contribution >= 4 is 28.7 Å². The molecule has 0 fully saturated rings. The van der Waals surface area contributed by atoms with E-state index in [1.54, 1.807) is 0 Å². The number of carboxylic acid groups (broad SMARTS) is 1. The molecule has 0 radical (unpaired) electrons. The number of rotatable bonds is 12. The van der Waals surface area contributed by atoms with Crippen molar-refractivity contribution in [1.82, 2.24) is 0 Å². The number of benzene rings is 4. The zero-order valence-corrected chi connectivity index (χ0v) is 28.7. The molecule has 9 N–H and O–H groups in total. The van der Waals surface area contributed by atoms with Crippen LogP contribution in [-0.2, 0) is 30.5 Å². The summed E-state index contributed by atoms with van der Waals surface area (Å²) in [6.07, 6.45) is 3.97. The van der Waals surface area contributed by atoms with Crippen LogP contribution in [0.1, 0.15) is 84.5 Å². The summed E-state index contributed by atoms with van der Waals surface area (Å²) >= 11 is 0. The summed E-state index contributed by atoms with van der Waals surface area (Å²) in [5, 5.41) is 9.63. The van der Waals surface area contributed by atoms with Crippen molar-refractivity contribution in [2.24, 2.45) is 0 Å². The standard InChI is InChI=1S/C39H48N4O6/c1-4-7-46-36-23-10-25-16-32(41)18-27(37(25)47-8-5-2)12-29-20-34(43)21-30(39(29)49-22-35(44)45)13-28-19-33(42)17-26(38(28)48-9-6-3)11-24(36)15-31(40)14-23/h14-21H,4-13,22,40-43H2,1-3H3,(H,44,45). The van der Waals surface area contributed by atoms with Gasteiger partial charge in [0.25, 0.3) is 0 Å². The van der Waals surface area contributed by atoms with Crippen LogP contribution in [0.2, 0.25) is 0 Å². The van der Waals surface area contributed by atoms with Gasteiger partial charge in [-0.25, -0.2) is 4.79 Å². The summed E-state index contributed by atoms with van der Waals surface area (Å²) in [6.45, 7) is 7.17. The van der Waals surface area contributed by atoms with E-state index in [1.165, 1.54) is 0 Å². The van der Waals surface area contributed by atoms with Gasteiger partial charge in [0.1, 0.15) is 23.0 Å². The van der Waals surface area contributed by atoms with E-state index in [-0.39, 0.29) is 0 Å². The summed E-state index contributed by atoms with van der Waals surface area (Å²) in [5.41, 5.74) is 35.1. The van der Waals surface area contributed by atoms with Crippen molar-refractivity contribution in [2.75, 3.05) is 49.4 Å². The first-order valence-electron chi connectivity index (χ1n) is 17.0. The van der Waals surface area contributed by atoms with Crippen molar-refractivity contribution in [2.45, 2.75) is 65.7 Å². The van der Waals surface area contributed by atoms with Gasteiger partial charge >= 0.3 is 5.97 Å².